The van der Waals surface area contributed by atoms with Crippen LogP contribution in [0.25, 0.3) is 0 Å². The van der Waals surface area contributed by atoms with Crippen LogP contribution in [0.2, 0.25) is 0 Å². The third-order valence-electron chi connectivity index (χ3n) is 3.34. The molecule has 1 N–H and O–H groups in total. The molecule has 16 heavy (non-hydrogen) atoms. The molecule has 88 valence electrons. The van der Waals surface area contributed by atoms with Crippen LogP contribution in [0.3, 0.4) is 0 Å². The molecule has 5 heteroatoms. The Kier molecular flexibility index (Phi) is 2.96. The predicted molar refractivity (Wildman–Crippen MR) is 59.3 cm³/mol. The summed E-state index contributed by atoms with van der Waals surface area (Å²) in [6, 6.07) is 0.538. The first-order valence-electron chi connectivity index (χ1n) is 5.58. The van der Waals surface area contributed by atoms with Gasteiger partial charge in [-0.15, -0.1) is 0 Å². The van der Waals surface area contributed by atoms with Gasteiger partial charge in [0.1, 0.15) is 5.56 Å². The molecule has 1 atom stereocenters. The van der Waals surface area contributed by atoms with Gasteiger partial charge in [-0.3, -0.25) is 9.58 Å². The van der Waals surface area contributed by atoms with Crippen LogP contribution in [0.1, 0.15) is 35.8 Å². The lowest BCUT2D eigenvalue weighted by atomic mass is 10.2. The van der Waals surface area contributed by atoms with Crippen molar-refractivity contribution in [3.63, 3.8) is 0 Å². The van der Waals surface area contributed by atoms with Crippen molar-refractivity contribution in [3.05, 3.63) is 17.5 Å². The third kappa shape index (κ3) is 1.95. The topological polar surface area (TPSA) is 58.4 Å². The quantitative estimate of drug-likeness (QED) is 0.833. The zero-order valence-corrected chi connectivity index (χ0v) is 9.68. The van der Waals surface area contributed by atoms with E-state index in [9.17, 15) is 4.79 Å². The molecular formula is C11H17N3O2. The normalized spacial score (nSPS) is 21.5. The number of hydrogen-bond donors (Lipinski definition) is 1. The Morgan fingerprint density at radius 1 is 1.69 bits per heavy atom. The Hall–Kier alpha value is -1.36. The largest absolute Gasteiger partial charge is 0.478 e. The molecule has 2 rings (SSSR count). The van der Waals surface area contributed by atoms with Gasteiger partial charge in [0.15, 0.2) is 0 Å². The SMILES string of the molecule is CC1CCCN1Cc1c(C(=O)O)cnn1C. The van der Waals surface area contributed by atoms with Crippen molar-refractivity contribution in [2.24, 2.45) is 7.05 Å². The minimum Gasteiger partial charge on any atom is -0.478 e. The second kappa shape index (κ2) is 4.25. The molecule has 1 fully saturated rings. The van der Waals surface area contributed by atoms with Crippen molar-refractivity contribution >= 4 is 5.97 Å². The molecule has 1 aromatic heterocycles. The predicted octanol–water partition coefficient (Wildman–Crippen LogP) is 1.10. The molecule has 0 aliphatic carbocycles. The molecule has 0 spiro atoms. The molecule has 1 aliphatic rings. The molecule has 1 saturated heterocycles. The van der Waals surface area contributed by atoms with Crippen molar-refractivity contribution in [2.45, 2.75) is 32.4 Å². The second-order valence-electron chi connectivity index (χ2n) is 4.40. The van der Waals surface area contributed by atoms with E-state index in [4.69, 9.17) is 5.11 Å². The van der Waals surface area contributed by atoms with Crippen LogP contribution in [0.4, 0.5) is 0 Å². The summed E-state index contributed by atoms with van der Waals surface area (Å²) >= 11 is 0. The maximum Gasteiger partial charge on any atom is 0.339 e. The number of carboxylic acid groups (broad SMARTS) is 1. The highest BCUT2D eigenvalue weighted by atomic mass is 16.4. The second-order valence-corrected chi connectivity index (χ2v) is 4.40. The zero-order valence-electron chi connectivity index (χ0n) is 9.68. The van der Waals surface area contributed by atoms with Crippen LogP contribution in [0, 0.1) is 0 Å². The first-order valence-corrected chi connectivity index (χ1v) is 5.58. The molecule has 0 radical (unpaired) electrons. The molecule has 0 saturated carbocycles. The van der Waals surface area contributed by atoms with Gasteiger partial charge in [-0.25, -0.2) is 4.79 Å². The Morgan fingerprint density at radius 3 is 3.00 bits per heavy atom. The van der Waals surface area contributed by atoms with Gasteiger partial charge < -0.3 is 5.11 Å². The lowest BCUT2D eigenvalue weighted by Crippen LogP contribution is -2.28. The molecule has 5 nitrogen and oxygen atoms in total. The fourth-order valence-corrected chi connectivity index (χ4v) is 2.25. The third-order valence-corrected chi connectivity index (χ3v) is 3.34. The van der Waals surface area contributed by atoms with Gasteiger partial charge in [0, 0.05) is 19.6 Å². The van der Waals surface area contributed by atoms with E-state index >= 15 is 0 Å². The minimum atomic E-state index is -0.894. The number of carboxylic acids is 1. The summed E-state index contributed by atoms with van der Waals surface area (Å²) in [5, 5.41) is 13.1. The van der Waals surface area contributed by atoms with E-state index in [1.54, 1.807) is 11.7 Å². The van der Waals surface area contributed by atoms with Crippen LogP contribution in [-0.2, 0) is 13.6 Å². The maximum absolute atomic E-state index is 11.0. The van der Waals surface area contributed by atoms with Crippen LogP contribution in [0.5, 0.6) is 0 Å². The van der Waals surface area contributed by atoms with Crippen molar-refractivity contribution in [2.75, 3.05) is 6.54 Å². The van der Waals surface area contributed by atoms with E-state index in [-0.39, 0.29) is 0 Å². The standard InChI is InChI=1S/C11H17N3O2/c1-8-4-3-5-14(8)7-10-9(11(15)16)6-12-13(10)2/h6,8H,3-5,7H2,1-2H3,(H,15,16). The van der Waals surface area contributed by atoms with Gasteiger partial charge in [0.05, 0.1) is 11.9 Å². The lowest BCUT2D eigenvalue weighted by molar-refractivity contribution is 0.0694. The van der Waals surface area contributed by atoms with Crippen molar-refractivity contribution < 1.29 is 9.90 Å². The minimum absolute atomic E-state index is 0.321. The van der Waals surface area contributed by atoms with E-state index in [0.717, 1.165) is 12.2 Å². The van der Waals surface area contributed by atoms with Crippen LogP contribution < -0.4 is 0 Å². The number of aromatic nitrogens is 2. The van der Waals surface area contributed by atoms with Crippen LogP contribution in [0.15, 0.2) is 6.20 Å². The first kappa shape index (κ1) is 11.1. The molecule has 1 aromatic rings. The highest BCUT2D eigenvalue weighted by Gasteiger charge is 2.24. The molecular weight excluding hydrogens is 206 g/mol. The number of carbonyl (C=O) groups is 1. The smallest absolute Gasteiger partial charge is 0.339 e. The fourth-order valence-electron chi connectivity index (χ4n) is 2.25. The molecule has 2 heterocycles. The zero-order chi connectivity index (χ0) is 11.7. The van der Waals surface area contributed by atoms with Crippen molar-refractivity contribution in [1.82, 2.24) is 14.7 Å². The van der Waals surface area contributed by atoms with E-state index in [0.29, 0.717) is 18.2 Å². The van der Waals surface area contributed by atoms with Gasteiger partial charge in [-0.05, 0) is 26.3 Å². The summed E-state index contributed by atoms with van der Waals surface area (Å²) in [5.74, 6) is -0.894. The van der Waals surface area contributed by atoms with E-state index in [1.807, 2.05) is 0 Å². The Balaban J connectivity index is 2.19. The average molecular weight is 223 g/mol. The van der Waals surface area contributed by atoms with Crippen LogP contribution in [-0.4, -0.2) is 38.3 Å². The summed E-state index contributed by atoms with van der Waals surface area (Å²) in [4.78, 5) is 13.3. The number of aromatic carboxylic acids is 1. The Morgan fingerprint density at radius 2 is 2.44 bits per heavy atom. The fraction of sp³-hybridized carbons (Fsp3) is 0.636. The van der Waals surface area contributed by atoms with Crippen molar-refractivity contribution in [3.8, 4) is 0 Å². The number of hydrogen-bond acceptors (Lipinski definition) is 3. The summed E-state index contributed by atoms with van der Waals surface area (Å²) in [7, 11) is 1.79. The highest BCUT2D eigenvalue weighted by molar-refractivity contribution is 5.88. The first-order chi connectivity index (χ1) is 7.59. The average Bonchev–Trinajstić information content (AvgIpc) is 2.76. The maximum atomic E-state index is 11.0. The molecule has 1 aliphatic heterocycles. The molecule has 0 amide bonds. The monoisotopic (exact) mass is 223 g/mol. The molecule has 0 aromatic carbocycles. The van der Waals surface area contributed by atoms with Crippen LogP contribution >= 0.6 is 0 Å². The van der Waals surface area contributed by atoms with Gasteiger partial charge in [0.25, 0.3) is 0 Å². The van der Waals surface area contributed by atoms with Gasteiger partial charge >= 0.3 is 5.97 Å². The summed E-state index contributed by atoms with van der Waals surface area (Å²) in [6.45, 7) is 3.91. The number of likely N-dealkylation sites (tertiary alicyclic amines) is 1. The Labute approximate surface area is 94.7 Å². The summed E-state index contributed by atoms with van der Waals surface area (Å²) in [5.41, 5.74) is 1.11. The number of rotatable bonds is 3. The lowest BCUT2D eigenvalue weighted by Gasteiger charge is -2.21. The van der Waals surface area contributed by atoms with Gasteiger partial charge in [-0.2, -0.15) is 5.10 Å². The summed E-state index contributed by atoms with van der Waals surface area (Å²) in [6.07, 6.45) is 3.82. The highest BCUT2D eigenvalue weighted by Crippen LogP contribution is 2.20. The summed E-state index contributed by atoms with van der Waals surface area (Å²) < 4.78 is 1.66. The molecule has 1 unspecified atom stereocenters. The number of aryl methyl sites for hydroxylation is 1. The van der Waals surface area contributed by atoms with Crippen molar-refractivity contribution in [1.29, 1.82) is 0 Å². The van der Waals surface area contributed by atoms with E-state index in [1.165, 1.54) is 19.0 Å². The van der Waals surface area contributed by atoms with E-state index in [2.05, 4.69) is 16.9 Å². The Bertz CT molecular complexity index is 400. The molecule has 0 bridgehead atoms. The van der Waals surface area contributed by atoms with Gasteiger partial charge in [0.2, 0.25) is 0 Å². The van der Waals surface area contributed by atoms with Gasteiger partial charge in [-0.1, -0.05) is 0 Å². The number of nitrogens with zero attached hydrogens (tertiary/aromatic N) is 3. The van der Waals surface area contributed by atoms with E-state index < -0.39 is 5.97 Å².